The van der Waals surface area contributed by atoms with Gasteiger partial charge in [0.2, 0.25) is 11.8 Å². The summed E-state index contributed by atoms with van der Waals surface area (Å²) in [6.45, 7) is 2.75. The highest BCUT2D eigenvalue weighted by Gasteiger charge is 2.28. The molecule has 2 aromatic carbocycles. The van der Waals surface area contributed by atoms with Gasteiger partial charge in [-0.15, -0.1) is 0 Å². The van der Waals surface area contributed by atoms with Crippen LogP contribution in [0.3, 0.4) is 0 Å². The Morgan fingerprint density at radius 2 is 1.59 bits per heavy atom. The number of amides is 2. The lowest BCUT2D eigenvalue weighted by atomic mass is 10.0. The Morgan fingerprint density at radius 3 is 2.19 bits per heavy atom. The Hall–Kier alpha value is -2.62. The van der Waals surface area contributed by atoms with Gasteiger partial charge in [0.25, 0.3) is 0 Å². The summed E-state index contributed by atoms with van der Waals surface area (Å²) in [7, 11) is 0. The van der Waals surface area contributed by atoms with Crippen molar-refractivity contribution in [2.45, 2.75) is 45.4 Å². The van der Waals surface area contributed by atoms with Crippen LogP contribution < -0.4 is 10.6 Å². The Bertz CT molecular complexity index is 762. The summed E-state index contributed by atoms with van der Waals surface area (Å²) in [5, 5.41) is 5.80. The number of carbonyl (C=O) groups is 2. The van der Waals surface area contributed by atoms with E-state index in [1.807, 2.05) is 24.3 Å². The number of hydrogen-bond acceptors (Lipinski definition) is 2. The number of rotatable bonds is 9. The fourth-order valence-corrected chi connectivity index (χ4v) is 3.07. The minimum absolute atomic E-state index is 0.0210. The van der Waals surface area contributed by atoms with Crippen LogP contribution in [-0.4, -0.2) is 18.4 Å². The zero-order valence-corrected chi connectivity index (χ0v) is 16.0. The predicted octanol–water partition coefficient (Wildman–Crippen LogP) is 4.55. The van der Waals surface area contributed by atoms with Crippen LogP contribution in [0.5, 0.6) is 0 Å². The SMILES string of the molecule is CCCc1ccc(-c2ccc(NC(=O)CCCNC(=O)C3CC3)cc2)cc1. The van der Waals surface area contributed by atoms with Gasteiger partial charge in [-0.2, -0.15) is 0 Å². The molecule has 3 rings (SSSR count). The van der Waals surface area contributed by atoms with Gasteiger partial charge in [-0.1, -0.05) is 49.7 Å². The van der Waals surface area contributed by atoms with E-state index in [0.29, 0.717) is 19.4 Å². The van der Waals surface area contributed by atoms with Gasteiger partial charge in [-0.3, -0.25) is 9.59 Å². The fraction of sp³-hybridized carbons (Fsp3) is 0.391. The van der Waals surface area contributed by atoms with Crippen molar-refractivity contribution in [3.63, 3.8) is 0 Å². The lowest BCUT2D eigenvalue weighted by Gasteiger charge is -2.08. The van der Waals surface area contributed by atoms with E-state index in [9.17, 15) is 9.59 Å². The van der Waals surface area contributed by atoms with E-state index in [1.165, 1.54) is 11.1 Å². The number of nitrogens with one attached hydrogen (secondary N) is 2. The van der Waals surface area contributed by atoms with Crippen molar-refractivity contribution in [2.75, 3.05) is 11.9 Å². The summed E-state index contributed by atoms with van der Waals surface area (Å²) in [5.41, 5.74) is 4.48. The third-order valence-electron chi connectivity index (χ3n) is 4.82. The van der Waals surface area contributed by atoms with E-state index in [2.05, 4.69) is 41.8 Å². The fourth-order valence-electron chi connectivity index (χ4n) is 3.07. The van der Waals surface area contributed by atoms with Crippen molar-refractivity contribution in [3.8, 4) is 11.1 Å². The first-order valence-electron chi connectivity index (χ1n) is 9.92. The van der Waals surface area contributed by atoms with Crippen molar-refractivity contribution < 1.29 is 9.59 Å². The highest BCUT2D eigenvalue weighted by Crippen LogP contribution is 2.28. The van der Waals surface area contributed by atoms with E-state index in [1.54, 1.807) is 0 Å². The van der Waals surface area contributed by atoms with Gasteiger partial charge in [0.1, 0.15) is 0 Å². The summed E-state index contributed by atoms with van der Waals surface area (Å²) >= 11 is 0. The van der Waals surface area contributed by atoms with Crippen molar-refractivity contribution in [1.82, 2.24) is 5.32 Å². The van der Waals surface area contributed by atoms with Gasteiger partial charge >= 0.3 is 0 Å². The molecule has 4 nitrogen and oxygen atoms in total. The summed E-state index contributed by atoms with van der Waals surface area (Å²) in [5.74, 6) is 0.334. The minimum Gasteiger partial charge on any atom is -0.356 e. The molecule has 142 valence electrons. The molecule has 0 heterocycles. The number of aryl methyl sites for hydroxylation is 1. The van der Waals surface area contributed by atoms with Crippen LogP contribution in [0.25, 0.3) is 11.1 Å². The molecule has 0 aromatic heterocycles. The highest BCUT2D eigenvalue weighted by molar-refractivity contribution is 5.91. The zero-order chi connectivity index (χ0) is 19.1. The summed E-state index contributed by atoms with van der Waals surface area (Å²) in [6, 6.07) is 16.6. The molecule has 1 aliphatic carbocycles. The molecule has 2 aromatic rings. The largest absolute Gasteiger partial charge is 0.356 e. The van der Waals surface area contributed by atoms with Gasteiger partial charge in [-0.25, -0.2) is 0 Å². The highest BCUT2D eigenvalue weighted by atomic mass is 16.2. The molecule has 1 saturated carbocycles. The van der Waals surface area contributed by atoms with Gasteiger partial charge in [-0.05, 0) is 54.5 Å². The summed E-state index contributed by atoms with van der Waals surface area (Å²) in [4.78, 5) is 23.6. The summed E-state index contributed by atoms with van der Waals surface area (Å²) in [6.07, 6.45) is 5.34. The van der Waals surface area contributed by atoms with E-state index < -0.39 is 0 Å². The maximum atomic E-state index is 12.0. The average molecular weight is 364 g/mol. The second-order valence-corrected chi connectivity index (χ2v) is 7.24. The molecule has 27 heavy (non-hydrogen) atoms. The van der Waals surface area contributed by atoms with E-state index in [-0.39, 0.29) is 17.7 Å². The molecule has 0 atom stereocenters. The quantitative estimate of drug-likeness (QED) is 0.641. The first-order valence-corrected chi connectivity index (χ1v) is 9.92. The second-order valence-electron chi connectivity index (χ2n) is 7.24. The molecule has 4 heteroatoms. The smallest absolute Gasteiger partial charge is 0.224 e. The molecule has 0 saturated heterocycles. The van der Waals surface area contributed by atoms with Gasteiger partial charge in [0, 0.05) is 24.6 Å². The molecular weight excluding hydrogens is 336 g/mol. The first-order chi connectivity index (χ1) is 13.2. The number of benzene rings is 2. The number of carbonyl (C=O) groups excluding carboxylic acids is 2. The average Bonchev–Trinajstić information content (AvgIpc) is 3.52. The molecule has 0 spiro atoms. The lowest BCUT2D eigenvalue weighted by Crippen LogP contribution is -2.26. The Balaban J connectivity index is 1.43. The van der Waals surface area contributed by atoms with Crippen molar-refractivity contribution in [1.29, 1.82) is 0 Å². The normalized spacial score (nSPS) is 13.2. The Labute approximate surface area is 161 Å². The van der Waals surface area contributed by atoms with Crippen LogP contribution in [0.2, 0.25) is 0 Å². The maximum Gasteiger partial charge on any atom is 0.224 e. The van der Waals surface area contributed by atoms with Crippen molar-refractivity contribution >= 4 is 17.5 Å². The van der Waals surface area contributed by atoms with Crippen molar-refractivity contribution in [3.05, 3.63) is 54.1 Å². The molecule has 1 fully saturated rings. The van der Waals surface area contributed by atoms with Crippen LogP contribution in [0.1, 0.15) is 44.6 Å². The lowest BCUT2D eigenvalue weighted by molar-refractivity contribution is -0.122. The zero-order valence-electron chi connectivity index (χ0n) is 16.0. The number of anilines is 1. The van der Waals surface area contributed by atoms with Gasteiger partial charge in [0.05, 0.1) is 0 Å². The molecule has 0 aliphatic heterocycles. The molecule has 0 unspecified atom stereocenters. The van der Waals surface area contributed by atoms with Crippen LogP contribution in [0, 0.1) is 5.92 Å². The Kier molecular flexibility index (Phi) is 6.64. The van der Waals surface area contributed by atoms with Crippen LogP contribution in [0.4, 0.5) is 5.69 Å². The third kappa shape index (κ3) is 5.95. The summed E-state index contributed by atoms with van der Waals surface area (Å²) < 4.78 is 0. The first kappa shape index (κ1) is 19.2. The van der Waals surface area contributed by atoms with Gasteiger partial charge in [0.15, 0.2) is 0 Å². The second kappa shape index (κ2) is 9.36. The van der Waals surface area contributed by atoms with Gasteiger partial charge < -0.3 is 10.6 Å². The van der Waals surface area contributed by atoms with E-state index in [0.717, 1.165) is 36.9 Å². The minimum atomic E-state index is -0.0210. The predicted molar refractivity (Wildman–Crippen MR) is 109 cm³/mol. The molecule has 2 N–H and O–H groups in total. The molecular formula is C23H28N2O2. The third-order valence-corrected chi connectivity index (χ3v) is 4.82. The molecule has 1 aliphatic rings. The maximum absolute atomic E-state index is 12.0. The van der Waals surface area contributed by atoms with Crippen molar-refractivity contribution in [2.24, 2.45) is 5.92 Å². The van der Waals surface area contributed by atoms with Crippen LogP contribution in [-0.2, 0) is 16.0 Å². The van der Waals surface area contributed by atoms with Crippen LogP contribution in [0.15, 0.2) is 48.5 Å². The molecule has 0 radical (unpaired) electrons. The van der Waals surface area contributed by atoms with E-state index >= 15 is 0 Å². The monoisotopic (exact) mass is 364 g/mol. The number of hydrogen-bond donors (Lipinski definition) is 2. The van der Waals surface area contributed by atoms with E-state index in [4.69, 9.17) is 0 Å². The standard InChI is InChI=1S/C23H28N2O2/c1-2-4-17-6-8-18(9-7-17)19-12-14-21(15-13-19)25-22(26)5-3-16-24-23(27)20-10-11-20/h6-9,12-15,20H,2-5,10-11,16H2,1H3,(H,24,27)(H,25,26). The molecule has 2 amide bonds. The Morgan fingerprint density at radius 1 is 0.963 bits per heavy atom. The topological polar surface area (TPSA) is 58.2 Å². The molecule has 0 bridgehead atoms. The van der Waals surface area contributed by atoms with Crippen LogP contribution >= 0.6 is 0 Å².